The van der Waals surface area contributed by atoms with Crippen LogP contribution in [0, 0.1) is 6.92 Å². The fourth-order valence-electron chi connectivity index (χ4n) is 2.89. The Balaban J connectivity index is 2.16. The zero-order valence-corrected chi connectivity index (χ0v) is 11.9. The van der Waals surface area contributed by atoms with Crippen molar-refractivity contribution in [3.05, 3.63) is 17.5 Å². The molecule has 1 heterocycles. The normalized spacial score (nSPS) is 15.9. The van der Waals surface area contributed by atoms with Crippen molar-refractivity contribution in [1.29, 1.82) is 0 Å². The van der Waals surface area contributed by atoms with Gasteiger partial charge in [0.05, 0.1) is 5.69 Å². The lowest BCUT2D eigenvalue weighted by Crippen LogP contribution is -2.41. The second kappa shape index (κ2) is 6.19. The van der Waals surface area contributed by atoms with Gasteiger partial charge in [0.1, 0.15) is 5.69 Å². The number of carbonyl (C=O) groups excluding carboxylic acids is 1. The van der Waals surface area contributed by atoms with E-state index < -0.39 is 0 Å². The zero-order chi connectivity index (χ0) is 13.8. The lowest BCUT2D eigenvalue weighted by molar-refractivity contribution is 0.0669. The monoisotopic (exact) mass is 264 g/mol. The second-order valence-corrected chi connectivity index (χ2v) is 5.37. The van der Waals surface area contributed by atoms with Crippen LogP contribution < -0.4 is 5.73 Å². The van der Waals surface area contributed by atoms with E-state index in [4.69, 9.17) is 5.73 Å². The van der Waals surface area contributed by atoms with Gasteiger partial charge in [-0.2, -0.15) is 5.10 Å². The number of rotatable bonds is 5. The Bertz CT molecular complexity index is 435. The molecule has 19 heavy (non-hydrogen) atoms. The molecular weight excluding hydrogens is 240 g/mol. The Morgan fingerprint density at radius 3 is 2.74 bits per heavy atom. The Morgan fingerprint density at radius 2 is 2.21 bits per heavy atom. The summed E-state index contributed by atoms with van der Waals surface area (Å²) in [5.74, 6) is 0.100. The number of aromatic nitrogens is 2. The van der Waals surface area contributed by atoms with Gasteiger partial charge in [-0.1, -0.05) is 12.8 Å². The van der Waals surface area contributed by atoms with E-state index in [1.54, 1.807) is 4.68 Å². The Hall–Kier alpha value is -1.36. The molecule has 0 atom stereocenters. The van der Waals surface area contributed by atoms with Gasteiger partial charge < -0.3 is 10.6 Å². The maximum absolute atomic E-state index is 12.7. The zero-order valence-electron chi connectivity index (χ0n) is 11.9. The molecule has 5 nitrogen and oxygen atoms in total. The van der Waals surface area contributed by atoms with Crippen molar-refractivity contribution in [2.45, 2.75) is 45.1 Å². The standard InChI is InChI=1S/C14H24N4O/c1-11-10-13(17(2)16-11)14(19)18(9-5-8-15)12-6-3-4-7-12/h10,12H,3-9,15H2,1-2H3. The molecule has 2 N–H and O–H groups in total. The molecule has 0 saturated heterocycles. The highest BCUT2D eigenvalue weighted by molar-refractivity contribution is 5.93. The van der Waals surface area contributed by atoms with E-state index in [1.165, 1.54) is 12.8 Å². The van der Waals surface area contributed by atoms with Gasteiger partial charge in [-0.3, -0.25) is 9.48 Å². The van der Waals surface area contributed by atoms with Crippen LogP contribution in [-0.4, -0.2) is 39.7 Å². The number of aryl methyl sites for hydroxylation is 2. The lowest BCUT2D eigenvalue weighted by Gasteiger charge is -2.28. The average Bonchev–Trinajstić information content (AvgIpc) is 2.99. The van der Waals surface area contributed by atoms with Crippen LogP contribution >= 0.6 is 0 Å². The van der Waals surface area contributed by atoms with E-state index in [9.17, 15) is 4.79 Å². The van der Waals surface area contributed by atoms with Crippen molar-refractivity contribution in [1.82, 2.24) is 14.7 Å². The predicted octanol–water partition coefficient (Wildman–Crippen LogP) is 1.46. The summed E-state index contributed by atoms with van der Waals surface area (Å²) in [5, 5.41) is 4.27. The first-order valence-corrected chi connectivity index (χ1v) is 7.15. The van der Waals surface area contributed by atoms with Crippen molar-refractivity contribution < 1.29 is 4.79 Å². The molecule has 5 heteroatoms. The average molecular weight is 264 g/mol. The van der Waals surface area contributed by atoms with Crippen LogP contribution in [0.3, 0.4) is 0 Å². The van der Waals surface area contributed by atoms with E-state index in [-0.39, 0.29) is 5.91 Å². The molecule has 0 aromatic carbocycles. The summed E-state index contributed by atoms with van der Waals surface area (Å²) in [6.07, 6.45) is 5.54. The molecule has 1 aromatic heterocycles. The summed E-state index contributed by atoms with van der Waals surface area (Å²) in [7, 11) is 1.83. The summed E-state index contributed by atoms with van der Waals surface area (Å²) >= 11 is 0. The van der Waals surface area contributed by atoms with Crippen molar-refractivity contribution in [2.24, 2.45) is 12.8 Å². The van der Waals surface area contributed by atoms with Crippen LogP contribution in [0.5, 0.6) is 0 Å². The number of hydrogen-bond acceptors (Lipinski definition) is 3. The summed E-state index contributed by atoms with van der Waals surface area (Å²) in [6, 6.07) is 2.25. The molecule has 1 amide bonds. The maximum atomic E-state index is 12.7. The summed E-state index contributed by atoms with van der Waals surface area (Å²) in [5.41, 5.74) is 7.16. The van der Waals surface area contributed by atoms with Crippen LogP contribution in [0.1, 0.15) is 48.3 Å². The highest BCUT2D eigenvalue weighted by Crippen LogP contribution is 2.25. The van der Waals surface area contributed by atoms with Gasteiger partial charge in [-0.15, -0.1) is 0 Å². The molecule has 0 unspecified atom stereocenters. The van der Waals surface area contributed by atoms with Gasteiger partial charge in [0, 0.05) is 19.6 Å². The van der Waals surface area contributed by atoms with E-state index in [0.29, 0.717) is 18.3 Å². The van der Waals surface area contributed by atoms with Crippen LogP contribution in [-0.2, 0) is 7.05 Å². The second-order valence-electron chi connectivity index (χ2n) is 5.37. The first-order valence-electron chi connectivity index (χ1n) is 7.15. The van der Waals surface area contributed by atoms with E-state index >= 15 is 0 Å². The first kappa shape index (κ1) is 14.1. The van der Waals surface area contributed by atoms with Crippen molar-refractivity contribution >= 4 is 5.91 Å². The van der Waals surface area contributed by atoms with Crippen LogP contribution in [0.2, 0.25) is 0 Å². The van der Waals surface area contributed by atoms with Gasteiger partial charge in [0.25, 0.3) is 5.91 Å². The van der Waals surface area contributed by atoms with Crippen LogP contribution in [0.4, 0.5) is 0 Å². The Morgan fingerprint density at radius 1 is 1.53 bits per heavy atom. The van der Waals surface area contributed by atoms with E-state index in [2.05, 4.69) is 5.10 Å². The largest absolute Gasteiger partial charge is 0.334 e. The molecule has 1 fully saturated rings. The quantitative estimate of drug-likeness (QED) is 0.875. The SMILES string of the molecule is Cc1cc(C(=O)N(CCCN)C2CCCC2)n(C)n1. The summed E-state index contributed by atoms with van der Waals surface area (Å²) in [4.78, 5) is 14.7. The van der Waals surface area contributed by atoms with Crippen LogP contribution in [0.15, 0.2) is 6.07 Å². The van der Waals surface area contributed by atoms with Gasteiger partial charge in [-0.25, -0.2) is 0 Å². The third-order valence-electron chi connectivity index (χ3n) is 3.85. The van der Waals surface area contributed by atoms with Crippen molar-refractivity contribution in [3.8, 4) is 0 Å². The van der Waals surface area contributed by atoms with Crippen molar-refractivity contribution in [2.75, 3.05) is 13.1 Å². The fourth-order valence-corrected chi connectivity index (χ4v) is 2.89. The third-order valence-corrected chi connectivity index (χ3v) is 3.85. The minimum Gasteiger partial charge on any atom is -0.334 e. The summed E-state index contributed by atoms with van der Waals surface area (Å²) in [6.45, 7) is 3.29. The van der Waals surface area contributed by atoms with Gasteiger partial charge in [0.2, 0.25) is 0 Å². The predicted molar refractivity (Wildman–Crippen MR) is 74.9 cm³/mol. The number of nitrogens with two attached hydrogens (primary N) is 1. The minimum absolute atomic E-state index is 0.100. The smallest absolute Gasteiger partial charge is 0.272 e. The minimum atomic E-state index is 0.100. The van der Waals surface area contributed by atoms with Gasteiger partial charge >= 0.3 is 0 Å². The molecule has 1 aromatic rings. The van der Waals surface area contributed by atoms with Crippen molar-refractivity contribution in [3.63, 3.8) is 0 Å². The molecule has 1 aliphatic rings. The molecule has 0 bridgehead atoms. The highest BCUT2D eigenvalue weighted by atomic mass is 16.2. The molecule has 0 radical (unpaired) electrons. The Kier molecular flexibility index (Phi) is 4.58. The molecule has 2 rings (SSSR count). The molecule has 0 spiro atoms. The van der Waals surface area contributed by atoms with E-state index in [0.717, 1.165) is 31.5 Å². The van der Waals surface area contributed by atoms with Gasteiger partial charge in [0.15, 0.2) is 0 Å². The van der Waals surface area contributed by atoms with E-state index in [1.807, 2.05) is 24.9 Å². The number of carbonyl (C=O) groups is 1. The molecular formula is C14H24N4O. The lowest BCUT2D eigenvalue weighted by atomic mass is 10.1. The highest BCUT2D eigenvalue weighted by Gasteiger charge is 2.28. The van der Waals surface area contributed by atoms with Crippen LogP contribution in [0.25, 0.3) is 0 Å². The maximum Gasteiger partial charge on any atom is 0.272 e. The fraction of sp³-hybridized carbons (Fsp3) is 0.714. The number of amides is 1. The summed E-state index contributed by atoms with van der Waals surface area (Å²) < 4.78 is 1.68. The molecule has 1 saturated carbocycles. The molecule has 1 aliphatic carbocycles. The van der Waals surface area contributed by atoms with Gasteiger partial charge in [-0.05, 0) is 38.8 Å². The molecule has 0 aliphatic heterocycles. The third kappa shape index (κ3) is 3.15. The topological polar surface area (TPSA) is 64.2 Å². The molecule has 106 valence electrons. The first-order chi connectivity index (χ1) is 9.13. The number of hydrogen-bond donors (Lipinski definition) is 1. The number of nitrogens with zero attached hydrogens (tertiary/aromatic N) is 3. The Labute approximate surface area is 114 Å².